The fourth-order valence-corrected chi connectivity index (χ4v) is 1.87. The molecule has 0 saturated carbocycles. The van der Waals surface area contributed by atoms with Gasteiger partial charge in [-0.25, -0.2) is 0 Å². The van der Waals surface area contributed by atoms with Crippen molar-refractivity contribution in [2.75, 3.05) is 0 Å². The van der Waals surface area contributed by atoms with E-state index in [1.807, 2.05) is 30.3 Å². The predicted octanol–water partition coefficient (Wildman–Crippen LogP) is 2.31. The van der Waals surface area contributed by atoms with Crippen LogP contribution in [0.1, 0.15) is 11.1 Å². The molecule has 0 spiro atoms. The first-order valence-electron chi connectivity index (χ1n) is 5.35. The quantitative estimate of drug-likeness (QED) is 0.870. The first-order chi connectivity index (χ1) is 8.36. The van der Waals surface area contributed by atoms with E-state index in [0.717, 1.165) is 22.3 Å². The van der Waals surface area contributed by atoms with E-state index in [1.54, 1.807) is 12.4 Å². The minimum Gasteiger partial charge on any atom is -0.392 e. The topological polar surface area (TPSA) is 56.9 Å². The second-order valence-corrected chi connectivity index (χ2v) is 3.67. The molecule has 1 aromatic heterocycles. The van der Waals surface area contributed by atoms with Gasteiger partial charge in [-0.05, 0) is 34.4 Å². The molecule has 0 atom stereocenters. The molecular weight excluding hydrogens is 212 g/mol. The van der Waals surface area contributed by atoms with Crippen molar-refractivity contribution in [2.24, 2.45) is 0 Å². The van der Waals surface area contributed by atoms with Crippen molar-refractivity contribution in [2.45, 2.75) is 13.0 Å². The van der Waals surface area contributed by atoms with Gasteiger partial charge in [-0.2, -0.15) is 5.26 Å². The van der Waals surface area contributed by atoms with Gasteiger partial charge in [0, 0.05) is 12.4 Å². The molecule has 0 aliphatic heterocycles. The molecule has 2 rings (SSSR count). The van der Waals surface area contributed by atoms with Crippen LogP contribution in [0.4, 0.5) is 0 Å². The Kier molecular flexibility index (Phi) is 3.49. The number of benzene rings is 1. The van der Waals surface area contributed by atoms with Crippen molar-refractivity contribution in [3.05, 3.63) is 53.9 Å². The van der Waals surface area contributed by atoms with Gasteiger partial charge in [0.25, 0.3) is 0 Å². The Labute approximate surface area is 100.0 Å². The maximum atomic E-state index is 9.46. The van der Waals surface area contributed by atoms with Gasteiger partial charge in [0.2, 0.25) is 0 Å². The van der Waals surface area contributed by atoms with Crippen molar-refractivity contribution in [1.82, 2.24) is 4.98 Å². The van der Waals surface area contributed by atoms with Gasteiger partial charge in [0.05, 0.1) is 19.1 Å². The zero-order valence-corrected chi connectivity index (χ0v) is 9.30. The molecule has 0 fully saturated rings. The first-order valence-corrected chi connectivity index (χ1v) is 5.35. The van der Waals surface area contributed by atoms with Crippen LogP contribution in [0, 0.1) is 11.3 Å². The Bertz CT molecular complexity index is 544. The van der Waals surface area contributed by atoms with Crippen LogP contribution in [0.3, 0.4) is 0 Å². The highest BCUT2D eigenvalue weighted by molar-refractivity contribution is 5.68. The molecule has 0 unspecified atom stereocenters. The minimum atomic E-state index is -0.0600. The predicted molar refractivity (Wildman–Crippen MR) is 64.9 cm³/mol. The molecule has 1 aromatic carbocycles. The van der Waals surface area contributed by atoms with Crippen LogP contribution in [0.25, 0.3) is 11.1 Å². The molecule has 1 heterocycles. The summed E-state index contributed by atoms with van der Waals surface area (Å²) in [6.07, 6.45) is 3.75. The van der Waals surface area contributed by atoms with Crippen LogP contribution in [-0.2, 0) is 13.0 Å². The number of nitriles is 1. The number of rotatable bonds is 3. The van der Waals surface area contributed by atoms with Crippen LogP contribution < -0.4 is 0 Å². The van der Waals surface area contributed by atoms with Gasteiger partial charge in [0.15, 0.2) is 0 Å². The summed E-state index contributed by atoms with van der Waals surface area (Å²) in [7, 11) is 0. The van der Waals surface area contributed by atoms with Crippen molar-refractivity contribution in [3.8, 4) is 17.2 Å². The molecule has 0 radical (unpaired) electrons. The highest BCUT2D eigenvalue weighted by Gasteiger charge is 2.08. The van der Waals surface area contributed by atoms with Crippen LogP contribution in [0.15, 0.2) is 42.7 Å². The van der Waals surface area contributed by atoms with Gasteiger partial charge in [-0.1, -0.05) is 18.2 Å². The molecular formula is C14H12N2O. The third-order valence-corrected chi connectivity index (χ3v) is 2.69. The summed E-state index contributed by atoms with van der Waals surface area (Å²) in [4.78, 5) is 3.97. The van der Waals surface area contributed by atoms with Crippen molar-refractivity contribution in [3.63, 3.8) is 0 Å². The van der Waals surface area contributed by atoms with Crippen molar-refractivity contribution < 1.29 is 5.11 Å². The van der Waals surface area contributed by atoms with Crippen molar-refractivity contribution >= 4 is 0 Å². The zero-order valence-electron chi connectivity index (χ0n) is 9.30. The highest BCUT2D eigenvalue weighted by Crippen LogP contribution is 2.26. The summed E-state index contributed by atoms with van der Waals surface area (Å²) in [5, 5.41) is 18.2. The van der Waals surface area contributed by atoms with Crippen LogP contribution in [0.2, 0.25) is 0 Å². The Hall–Kier alpha value is -2.18. The number of aliphatic hydroxyl groups excluding tert-OH is 1. The number of hydrogen-bond acceptors (Lipinski definition) is 3. The first kappa shape index (κ1) is 11.3. The smallest absolute Gasteiger partial charge is 0.0690 e. The maximum absolute atomic E-state index is 9.46. The average molecular weight is 224 g/mol. The van der Waals surface area contributed by atoms with Crippen molar-refractivity contribution in [1.29, 1.82) is 5.26 Å². The van der Waals surface area contributed by atoms with Crippen LogP contribution in [0.5, 0.6) is 0 Å². The van der Waals surface area contributed by atoms with E-state index in [1.165, 1.54) is 0 Å². The molecule has 3 nitrogen and oxygen atoms in total. The molecule has 0 aliphatic rings. The van der Waals surface area contributed by atoms with Gasteiger partial charge in [0.1, 0.15) is 0 Å². The lowest BCUT2D eigenvalue weighted by Gasteiger charge is -2.11. The summed E-state index contributed by atoms with van der Waals surface area (Å²) in [6, 6.07) is 11.6. The fourth-order valence-electron chi connectivity index (χ4n) is 1.87. The molecule has 17 heavy (non-hydrogen) atoms. The summed E-state index contributed by atoms with van der Waals surface area (Å²) < 4.78 is 0. The van der Waals surface area contributed by atoms with Gasteiger partial charge in [-0.15, -0.1) is 0 Å². The van der Waals surface area contributed by atoms with E-state index in [0.29, 0.717) is 6.42 Å². The van der Waals surface area contributed by atoms with E-state index in [9.17, 15) is 5.11 Å². The largest absolute Gasteiger partial charge is 0.392 e. The molecule has 3 heteroatoms. The van der Waals surface area contributed by atoms with Crippen LogP contribution >= 0.6 is 0 Å². The number of aliphatic hydroxyl groups is 1. The highest BCUT2D eigenvalue weighted by atomic mass is 16.3. The minimum absolute atomic E-state index is 0.0600. The SMILES string of the molecule is N#CCc1cccc(-c2ccncc2)c1CO. The van der Waals surface area contributed by atoms with E-state index < -0.39 is 0 Å². The Morgan fingerprint density at radius 1 is 1.18 bits per heavy atom. The molecule has 1 N–H and O–H groups in total. The molecule has 0 amide bonds. The number of nitrogens with zero attached hydrogens (tertiary/aromatic N) is 2. The Morgan fingerprint density at radius 3 is 2.59 bits per heavy atom. The lowest BCUT2D eigenvalue weighted by molar-refractivity contribution is 0.281. The van der Waals surface area contributed by atoms with Gasteiger partial charge < -0.3 is 5.11 Å². The van der Waals surface area contributed by atoms with E-state index in [4.69, 9.17) is 5.26 Å². The van der Waals surface area contributed by atoms with Gasteiger partial charge >= 0.3 is 0 Å². The lowest BCUT2D eigenvalue weighted by atomic mass is 9.95. The third kappa shape index (κ3) is 2.32. The number of hydrogen-bond donors (Lipinski definition) is 1. The zero-order chi connectivity index (χ0) is 12.1. The summed E-state index contributed by atoms with van der Waals surface area (Å²) in [6.45, 7) is -0.0600. The molecule has 2 aromatic rings. The maximum Gasteiger partial charge on any atom is 0.0690 e. The summed E-state index contributed by atoms with van der Waals surface area (Å²) in [5.74, 6) is 0. The second-order valence-electron chi connectivity index (χ2n) is 3.67. The number of pyridine rings is 1. The number of aromatic nitrogens is 1. The Balaban J connectivity index is 2.55. The van der Waals surface area contributed by atoms with E-state index >= 15 is 0 Å². The summed E-state index contributed by atoms with van der Waals surface area (Å²) >= 11 is 0. The van der Waals surface area contributed by atoms with E-state index in [2.05, 4.69) is 11.1 Å². The average Bonchev–Trinajstić information content (AvgIpc) is 2.40. The van der Waals surface area contributed by atoms with Crippen LogP contribution in [-0.4, -0.2) is 10.1 Å². The summed E-state index contributed by atoms with van der Waals surface area (Å²) in [5.41, 5.74) is 3.66. The molecule has 0 aliphatic carbocycles. The second kappa shape index (κ2) is 5.24. The standard InChI is InChI=1S/C14H12N2O/c15-7-4-11-2-1-3-13(14(11)10-17)12-5-8-16-9-6-12/h1-3,5-6,8-9,17H,4,10H2. The van der Waals surface area contributed by atoms with E-state index in [-0.39, 0.29) is 6.61 Å². The fraction of sp³-hybridized carbons (Fsp3) is 0.143. The lowest BCUT2D eigenvalue weighted by Crippen LogP contribution is -1.96. The third-order valence-electron chi connectivity index (χ3n) is 2.69. The Morgan fingerprint density at radius 2 is 1.94 bits per heavy atom. The normalized spacial score (nSPS) is 9.88. The monoisotopic (exact) mass is 224 g/mol. The molecule has 84 valence electrons. The van der Waals surface area contributed by atoms with Gasteiger partial charge in [-0.3, -0.25) is 4.98 Å². The molecule has 0 bridgehead atoms. The molecule has 0 saturated heterocycles.